The smallest absolute Gasteiger partial charge is 0.325 e. The predicted octanol–water partition coefficient (Wildman–Crippen LogP) is 2.23. The average Bonchev–Trinajstić information content (AvgIpc) is 2.80. The van der Waals surface area contributed by atoms with Gasteiger partial charge in [-0.25, -0.2) is 4.79 Å². The Morgan fingerprint density at radius 1 is 1.19 bits per heavy atom. The minimum Gasteiger partial charge on any atom is -0.480 e. The third-order valence-corrected chi connectivity index (χ3v) is 2.95. The molecule has 0 aliphatic rings. The fourth-order valence-corrected chi connectivity index (χ4v) is 1.77. The first kappa shape index (κ1) is 14.6. The number of amides is 2. The summed E-state index contributed by atoms with van der Waals surface area (Å²) in [4.78, 5) is 22.4. The standard InChI is InChI=1S/C14H16N4O3/c1-9-3-4-11(5-10(9)2)16-14(21)17-12-6-15-18(7-12)8-13(19)20/h3-7H,8H2,1-2H3,(H,19,20)(H2,16,17,21). The highest BCUT2D eigenvalue weighted by atomic mass is 16.4. The van der Waals surface area contributed by atoms with Gasteiger partial charge in [-0.2, -0.15) is 5.10 Å². The molecule has 2 amide bonds. The highest BCUT2D eigenvalue weighted by Gasteiger charge is 2.07. The molecule has 0 aliphatic heterocycles. The molecular weight excluding hydrogens is 272 g/mol. The summed E-state index contributed by atoms with van der Waals surface area (Å²) in [5.41, 5.74) is 3.35. The van der Waals surface area contributed by atoms with Gasteiger partial charge in [-0.05, 0) is 37.1 Å². The number of urea groups is 1. The molecule has 1 heterocycles. The van der Waals surface area contributed by atoms with Crippen LogP contribution in [0.3, 0.4) is 0 Å². The summed E-state index contributed by atoms with van der Waals surface area (Å²) in [6, 6.07) is 5.21. The molecule has 1 aromatic heterocycles. The summed E-state index contributed by atoms with van der Waals surface area (Å²) in [5.74, 6) is -0.996. The lowest BCUT2D eigenvalue weighted by Crippen LogP contribution is -2.19. The Morgan fingerprint density at radius 3 is 2.57 bits per heavy atom. The van der Waals surface area contributed by atoms with Crippen molar-refractivity contribution >= 4 is 23.4 Å². The van der Waals surface area contributed by atoms with Crippen molar-refractivity contribution in [2.45, 2.75) is 20.4 Å². The molecule has 0 bridgehead atoms. The fourth-order valence-electron chi connectivity index (χ4n) is 1.77. The summed E-state index contributed by atoms with van der Waals surface area (Å²) in [6.07, 6.45) is 2.84. The van der Waals surface area contributed by atoms with Crippen LogP contribution in [0.4, 0.5) is 16.2 Å². The second-order valence-corrected chi connectivity index (χ2v) is 4.70. The van der Waals surface area contributed by atoms with Gasteiger partial charge in [0.2, 0.25) is 0 Å². The van der Waals surface area contributed by atoms with Crippen LogP contribution in [-0.4, -0.2) is 26.9 Å². The number of hydrogen-bond acceptors (Lipinski definition) is 3. The largest absolute Gasteiger partial charge is 0.480 e. The molecule has 2 aromatic rings. The van der Waals surface area contributed by atoms with Crippen LogP contribution in [0.15, 0.2) is 30.6 Å². The zero-order valence-corrected chi connectivity index (χ0v) is 11.8. The van der Waals surface area contributed by atoms with Crippen LogP contribution in [0.2, 0.25) is 0 Å². The summed E-state index contributed by atoms with van der Waals surface area (Å²) in [5, 5.41) is 17.8. The van der Waals surface area contributed by atoms with Crippen molar-refractivity contribution in [3.63, 3.8) is 0 Å². The maximum atomic E-state index is 11.8. The molecule has 0 aliphatic carbocycles. The number of rotatable bonds is 4. The first-order chi connectivity index (χ1) is 9.94. The molecule has 0 radical (unpaired) electrons. The Kier molecular flexibility index (Phi) is 4.22. The van der Waals surface area contributed by atoms with Crippen LogP contribution >= 0.6 is 0 Å². The van der Waals surface area contributed by atoms with Gasteiger partial charge in [-0.1, -0.05) is 6.07 Å². The predicted molar refractivity (Wildman–Crippen MR) is 78.4 cm³/mol. The third-order valence-electron chi connectivity index (χ3n) is 2.95. The lowest BCUT2D eigenvalue weighted by atomic mass is 10.1. The lowest BCUT2D eigenvalue weighted by molar-refractivity contribution is -0.137. The van der Waals surface area contributed by atoms with Crippen molar-refractivity contribution < 1.29 is 14.7 Å². The van der Waals surface area contributed by atoms with E-state index < -0.39 is 12.0 Å². The number of carbonyl (C=O) groups is 2. The average molecular weight is 288 g/mol. The van der Waals surface area contributed by atoms with E-state index in [1.807, 2.05) is 32.0 Å². The van der Waals surface area contributed by atoms with Gasteiger partial charge in [0.15, 0.2) is 0 Å². The molecule has 2 rings (SSSR count). The fraction of sp³-hybridized carbons (Fsp3) is 0.214. The van der Waals surface area contributed by atoms with E-state index in [2.05, 4.69) is 15.7 Å². The SMILES string of the molecule is Cc1ccc(NC(=O)Nc2cnn(CC(=O)O)c2)cc1C. The quantitative estimate of drug-likeness (QED) is 0.803. The van der Waals surface area contributed by atoms with Gasteiger partial charge < -0.3 is 15.7 Å². The van der Waals surface area contributed by atoms with E-state index in [1.54, 1.807) is 0 Å². The number of carboxylic acids is 1. The summed E-state index contributed by atoms with van der Waals surface area (Å²) >= 11 is 0. The molecule has 0 fully saturated rings. The van der Waals surface area contributed by atoms with Gasteiger partial charge in [-0.3, -0.25) is 9.48 Å². The van der Waals surface area contributed by atoms with Crippen LogP contribution in [0.5, 0.6) is 0 Å². The third kappa shape index (κ3) is 4.07. The van der Waals surface area contributed by atoms with Gasteiger partial charge in [0.1, 0.15) is 6.54 Å². The van der Waals surface area contributed by atoms with Crippen molar-refractivity contribution in [3.8, 4) is 0 Å². The van der Waals surface area contributed by atoms with E-state index in [1.165, 1.54) is 17.1 Å². The van der Waals surface area contributed by atoms with E-state index in [4.69, 9.17) is 5.11 Å². The first-order valence-electron chi connectivity index (χ1n) is 6.33. The molecule has 0 saturated carbocycles. The topological polar surface area (TPSA) is 96.3 Å². The van der Waals surface area contributed by atoms with Gasteiger partial charge in [0.25, 0.3) is 0 Å². The van der Waals surface area contributed by atoms with Gasteiger partial charge in [0.05, 0.1) is 11.9 Å². The first-order valence-corrected chi connectivity index (χ1v) is 6.33. The normalized spacial score (nSPS) is 10.2. The second-order valence-electron chi connectivity index (χ2n) is 4.70. The Morgan fingerprint density at radius 2 is 1.90 bits per heavy atom. The molecule has 0 unspecified atom stereocenters. The van der Waals surface area contributed by atoms with Gasteiger partial charge in [0, 0.05) is 11.9 Å². The van der Waals surface area contributed by atoms with Crippen LogP contribution in [-0.2, 0) is 11.3 Å². The second kappa shape index (κ2) is 6.08. The minimum atomic E-state index is -0.996. The number of aryl methyl sites for hydroxylation is 2. The maximum Gasteiger partial charge on any atom is 0.325 e. The van der Waals surface area contributed by atoms with E-state index in [9.17, 15) is 9.59 Å². The molecule has 7 nitrogen and oxygen atoms in total. The number of carbonyl (C=O) groups excluding carboxylic acids is 1. The number of benzene rings is 1. The lowest BCUT2D eigenvalue weighted by Gasteiger charge is -2.08. The van der Waals surface area contributed by atoms with E-state index in [-0.39, 0.29) is 6.54 Å². The molecule has 21 heavy (non-hydrogen) atoms. The highest BCUT2D eigenvalue weighted by Crippen LogP contribution is 2.14. The Balaban J connectivity index is 1.96. The van der Waals surface area contributed by atoms with Crippen LogP contribution < -0.4 is 10.6 Å². The Labute approximate surface area is 121 Å². The highest BCUT2D eigenvalue weighted by molar-refractivity contribution is 5.99. The molecule has 7 heteroatoms. The number of nitrogens with zero attached hydrogens (tertiary/aromatic N) is 2. The van der Waals surface area contributed by atoms with Crippen LogP contribution in [0.1, 0.15) is 11.1 Å². The van der Waals surface area contributed by atoms with Crippen molar-refractivity contribution in [3.05, 3.63) is 41.7 Å². The summed E-state index contributed by atoms with van der Waals surface area (Å²) in [6.45, 7) is 3.71. The summed E-state index contributed by atoms with van der Waals surface area (Å²) < 4.78 is 1.23. The number of carboxylic acid groups (broad SMARTS) is 1. The van der Waals surface area contributed by atoms with Crippen molar-refractivity contribution in [2.75, 3.05) is 10.6 Å². The summed E-state index contributed by atoms with van der Waals surface area (Å²) in [7, 11) is 0. The maximum absolute atomic E-state index is 11.8. The number of anilines is 2. The van der Waals surface area contributed by atoms with Crippen molar-refractivity contribution in [1.82, 2.24) is 9.78 Å². The van der Waals surface area contributed by atoms with E-state index in [0.717, 1.165) is 11.1 Å². The van der Waals surface area contributed by atoms with Crippen LogP contribution in [0.25, 0.3) is 0 Å². The minimum absolute atomic E-state index is 0.250. The molecule has 0 saturated heterocycles. The van der Waals surface area contributed by atoms with Crippen LogP contribution in [0, 0.1) is 13.8 Å². The van der Waals surface area contributed by atoms with Crippen molar-refractivity contribution in [1.29, 1.82) is 0 Å². The zero-order valence-electron chi connectivity index (χ0n) is 11.8. The van der Waals surface area contributed by atoms with Gasteiger partial charge in [-0.15, -0.1) is 0 Å². The molecule has 1 aromatic carbocycles. The van der Waals surface area contributed by atoms with E-state index >= 15 is 0 Å². The number of aliphatic carboxylic acids is 1. The number of aromatic nitrogens is 2. The molecule has 0 spiro atoms. The molecular formula is C14H16N4O3. The molecule has 110 valence electrons. The zero-order chi connectivity index (χ0) is 15.4. The monoisotopic (exact) mass is 288 g/mol. The molecule has 3 N–H and O–H groups in total. The Bertz CT molecular complexity index is 679. The van der Waals surface area contributed by atoms with Crippen molar-refractivity contribution in [2.24, 2.45) is 0 Å². The Hall–Kier alpha value is -2.83. The van der Waals surface area contributed by atoms with E-state index in [0.29, 0.717) is 11.4 Å². The number of hydrogen-bond donors (Lipinski definition) is 3. The number of nitrogens with one attached hydrogen (secondary N) is 2. The molecule has 0 atom stereocenters. The van der Waals surface area contributed by atoms with Gasteiger partial charge >= 0.3 is 12.0 Å².